The number of rotatable bonds is 5. The summed E-state index contributed by atoms with van der Waals surface area (Å²) in [6.07, 6.45) is 6.26. The van der Waals surface area contributed by atoms with Crippen LogP contribution in [0.1, 0.15) is 69.5 Å². The molecule has 0 aromatic carbocycles. The first kappa shape index (κ1) is 15.3. The molecule has 1 saturated carbocycles. The fourth-order valence-corrected chi connectivity index (χ4v) is 4.93. The third kappa shape index (κ3) is 3.62. The molecule has 1 saturated heterocycles. The Morgan fingerprint density at radius 2 is 2.24 bits per heavy atom. The van der Waals surface area contributed by atoms with Gasteiger partial charge in [0.15, 0.2) is 5.82 Å². The van der Waals surface area contributed by atoms with E-state index in [0.29, 0.717) is 17.9 Å². The maximum Gasteiger partial charge on any atom is 0.232 e. The van der Waals surface area contributed by atoms with E-state index in [2.05, 4.69) is 24.3 Å². The lowest BCUT2D eigenvalue weighted by molar-refractivity contribution is 0.312. The van der Waals surface area contributed by atoms with E-state index < -0.39 is 0 Å². The molecule has 0 bridgehead atoms. The van der Waals surface area contributed by atoms with Crippen molar-refractivity contribution in [1.82, 2.24) is 15.5 Å². The van der Waals surface area contributed by atoms with Gasteiger partial charge in [-0.25, -0.2) is 0 Å². The van der Waals surface area contributed by atoms with Crippen molar-refractivity contribution in [3.8, 4) is 0 Å². The van der Waals surface area contributed by atoms with E-state index in [1.807, 2.05) is 11.8 Å². The van der Waals surface area contributed by atoms with E-state index >= 15 is 0 Å². The molecule has 1 aromatic rings. The van der Waals surface area contributed by atoms with Gasteiger partial charge >= 0.3 is 0 Å². The van der Waals surface area contributed by atoms with Crippen molar-refractivity contribution >= 4 is 11.8 Å². The summed E-state index contributed by atoms with van der Waals surface area (Å²) >= 11 is 1.99. The van der Waals surface area contributed by atoms with Gasteiger partial charge in [0.25, 0.3) is 0 Å². The van der Waals surface area contributed by atoms with Crippen molar-refractivity contribution in [2.45, 2.75) is 63.8 Å². The first-order chi connectivity index (χ1) is 10.3. The molecule has 2 aliphatic rings. The van der Waals surface area contributed by atoms with Gasteiger partial charge in [-0.15, -0.1) is 0 Å². The van der Waals surface area contributed by atoms with Crippen LogP contribution in [0.5, 0.6) is 0 Å². The Labute approximate surface area is 131 Å². The predicted molar refractivity (Wildman–Crippen MR) is 86.8 cm³/mol. The van der Waals surface area contributed by atoms with Gasteiger partial charge in [-0.3, -0.25) is 0 Å². The van der Waals surface area contributed by atoms with E-state index in [0.717, 1.165) is 35.7 Å². The largest absolute Gasteiger partial charge is 0.339 e. The highest BCUT2D eigenvalue weighted by Crippen LogP contribution is 2.37. The molecule has 0 radical (unpaired) electrons. The van der Waals surface area contributed by atoms with E-state index in [9.17, 15) is 0 Å². The van der Waals surface area contributed by atoms with E-state index in [1.54, 1.807) is 0 Å². The van der Waals surface area contributed by atoms with E-state index in [-0.39, 0.29) is 0 Å². The molecule has 118 valence electrons. The molecule has 4 nitrogen and oxygen atoms in total. The molecule has 1 aliphatic carbocycles. The van der Waals surface area contributed by atoms with Gasteiger partial charge in [-0.1, -0.05) is 31.8 Å². The van der Waals surface area contributed by atoms with Gasteiger partial charge in [0.2, 0.25) is 5.89 Å². The van der Waals surface area contributed by atoms with Crippen LogP contribution in [0.25, 0.3) is 0 Å². The molecule has 0 spiro atoms. The molecule has 2 fully saturated rings. The number of hydrogen-bond acceptors (Lipinski definition) is 5. The minimum absolute atomic E-state index is 0.392. The Balaban J connectivity index is 1.66. The smallest absolute Gasteiger partial charge is 0.232 e. The third-order valence-electron chi connectivity index (χ3n) is 4.81. The molecular weight excluding hydrogens is 282 g/mol. The Morgan fingerprint density at radius 1 is 1.33 bits per heavy atom. The van der Waals surface area contributed by atoms with Crippen molar-refractivity contribution < 1.29 is 4.52 Å². The van der Waals surface area contributed by atoms with Gasteiger partial charge in [-0.05, 0) is 31.7 Å². The van der Waals surface area contributed by atoms with Crippen LogP contribution in [-0.4, -0.2) is 34.2 Å². The Morgan fingerprint density at radius 3 is 3.05 bits per heavy atom. The summed E-state index contributed by atoms with van der Waals surface area (Å²) in [5, 5.41) is 7.94. The molecule has 1 aliphatic heterocycles. The summed E-state index contributed by atoms with van der Waals surface area (Å²) < 4.78 is 5.63. The molecule has 0 amide bonds. The SMILES string of the molecule is CCCNC1CSCC1c1nc(C2CCCC(C)C2)no1. The first-order valence-electron chi connectivity index (χ1n) is 8.42. The average molecular weight is 309 g/mol. The van der Waals surface area contributed by atoms with Gasteiger partial charge in [-0.2, -0.15) is 16.7 Å². The highest BCUT2D eigenvalue weighted by atomic mass is 32.2. The topological polar surface area (TPSA) is 51.0 Å². The number of nitrogens with one attached hydrogen (secondary N) is 1. The fraction of sp³-hybridized carbons (Fsp3) is 0.875. The van der Waals surface area contributed by atoms with Gasteiger partial charge in [0, 0.05) is 23.5 Å². The van der Waals surface area contributed by atoms with Crippen LogP contribution in [0.2, 0.25) is 0 Å². The molecule has 4 atom stereocenters. The second kappa shape index (κ2) is 7.14. The van der Waals surface area contributed by atoms with Crippen LogP contribution in [0.15, 0.2) is 4.52 Å². The second-order valence-electron chi connectivity index (χ2n) is 6.66. The van der Waals surface area contributed by atoms with Crippen LogP contribution in [0.3, 0.4) is 0 Å². The van der Waals surface area contributed by atoms with Crippen molar-refractivity contribution in [2.24, 2.45) is 5.92 Å². The first-order valence-corrected chi connectivity index (χ1v) is 9.58. The maximum atomic E-state index is 5.63. The molecule has 5 heteroatoms. The quantitative estimate of drug-likeness (QED) is 0.901. The highest BCUT2D eigenvalue weighted by molar-refractivity contribution is 7.99. The average Bonchev–Trinajstić information content (AvgIpc) is 3.13. The van der Waals surface area contributed by atoms with Crippen LogP contribution < -0.4 is 5.32 Å². The third-order valence-corrected chi connectivity index (χ3v) is 6.00. The highest BCUT2D eigenvalue weighted by Gasteiger charge is 2.34. The Bertz CT molecular complexity index is 450. The summed E-state index contributed by atoms with van der Waals surface area (Å²) in [4.78, 5) is 4.78. The molecule has 2 heterocycles. The minimum Gasteiger partial charge on any atom is -0.339 e. The normalized spacial score (nSPS) is 33.4. The second-order valence-corrected chi connectivity index (χ2v) is 7.74. The lowest BCUT2D eigenvalue weighted by Gasteiger charge is -2.24. The summed E-state index contributed by atoms with van der Waals surface area (Å²) in [5.74, 6) is 5.79. The summed E-state index contributed by atoms with van der Waals surface area (Å²) in [6, 6.07) is 0.494. The zero-order valence-corrected chi connectivity index (χ0v) is 14.0. The number of thioether (sulfide) groups is 1. The molecule has 1 aromatic heterocycles. The Hall–Kier alpha value is -0.550. The summed E-state index contributed by atoms with van der Waals surface area (Å²) in [6.45, 7) is 5.62. The van der Waals surface area contributed by atoms with Crippen molar-refractivity contribution in [2.75, 3.05) is 18.1 Å². The number of hydrogen-bond donors (Lipinski definition) is 1. The lowest BCUT2D eigenvalue weighted by atomic mass is 9.82. The molecule has 1 N–H and O–H groups in total. The standard InChI is InChI=1S/C16H27N3OS/c1-3-7-17-14-10-21-9-13(14)16-18-15(19-20-16)12-6-4-5-11(2)8-12/h11-14,17H,3-10H2,1-2H3. The Kier molecular flexibility index (Phi) is 5.22. The molecule has 3 rings (SSSR count). The van der Waals surface area contributed by atoms with Crippen LogP contribution in [0.4, 0.5) is 0 Å². The zero-order valence-electron chi connectivity index (χ0n) is 13.2. The minimum atomic E-state index is 0.392. The molecule has 21 heavy (non-hydrogen) atoms. The lowest BCUT2D eigenvalue weighted by Crippen LogP contribution is -2.34. The summed E-state index contributed by atoms with van der Waals surface area (Å²) in [5.41, 5.74) is 0. The predicted octanol–water partition coefficient (Wildman–Crippen LogP) is 3.56. The molecule has 4 unspecified atom stereocenters. The van der Waals surface area contributed by atoms with Gasteiger partial charge in [0.1, 0.15) is 0 Å². The number of aromatic nitrogens is 2. The number of nitrogens with zero attached hydrogens (tertiary/aromatic N) is 2. The van der Waals surface area contributed by atoms with Crippen LogP contribution in [0, 0.1) is 5.92 Å². The maximum absolute atomic E-state index is 5.63. The van der Waals surface area contributed by atoms with Crippen molar-refractivity contribution in [1.29, 1.82) is 0 Å². The van der Waals surface area contributed by atoms with E-state index in [1.165, 1.54) is 32.1 Å². The zero-order chi connectivity index (χ0) is 14.7. The fourth-order valence-electron chi connectivity index (χ4n) is 3.56. The monoisotopic (exact) mass is 309 g/mol. The van der Waals surface area contributed by atoms with Crippen molar-refractivity contribution in [3.63, 3.8) is 0 Å². The summed E-state index contributed by atoms with van der Waals surface area (Å²) in [7, 11) is 0. The van der Waals surface area contributed by atoms with Crippen molar-refractivity contribution in [3.05, 3.63) is 11.7 Å². The van der Waals surface area contributed by atoms with Gasteiger partial charge in [0.05, 0.1) is 5.92 Å². The van der Waals surface area contributed by atoms with Crippen LogP contribution >= 0.6 is 11.8 Å². The van der Waals surface area contributed by atoms with E-state index in [4.69, 9.17) is 9.51 Å². The molecular formula is C16H27N3OS. The van der Waals surface area contributed by atoms with Gasteiger partial charge < -0.3 is 9.84 Å². The van der Waals surface area contributed by atoms with Crippen LogP contribution in [-0.2, 0) is 0 Å².